The first-order valence-corrected chi connectivity index (χ1v) is 2.03. The molecule has 0 aromatic rings. The van der Waals surface area contributed by atoms with Gasteiger partial charge in [-0.15, -0.1) is 0 Å². The van der Waals surface area contributed by atoms with Crippen LogP contribution in [-0.4, -0.2) is 0 Å². The Morgan fingerprint density at radius 2 is 1.75 bits per heavy atom. The van der Waals surface area contributed by atoms with Gasteiger partial charge in [0.05, 0.1) is 0 Å². The van der Waals surface area contributed by atoms with Crippen molar-refractivity contribution in [2.45, 2.75) is 0 Å². The van der Waals surface area contributed by atoms with Gasteiger partial charge in [-0.05, 0) is 0 Å². The molecule has 4 heavy (non-hydrogen) atoms. The van der Waals surface area contributed by atoms with Crippen LogP contribution in [0.2, 0.25) is 0 Å². The Balaban J connectivity index is 0. The van der Waals surface area contributed by atoms with Gasteiger partial charge in [-0.2, -0.15) is 0 Å². The van der Waals surface area contributed by atoms with Gasteiger partial charge in [0.25, 0.3) is 0 Å². The first-order chi connectivity index (χ1) is 1.41. The molecule has 0 radical (unpaired) electrons. The fourth-order valence-electron chi connectivity index (χ4n) is 0. The van der Waals surface area contributed by atoms with Crippen molar-refractivity contribution < 1.29 is 59.4 Å². The second-order valence-electron chi connectivity index (χ2n) is 0.154. The minimum absolute atomic E-state index is 0. The van der Waals surface area contributed by atoms with E-state index in [2.05, 4.69) is 6.58 Å². The smallest absolute Gasteiger partial charge is 1.00 e. The van der Waals surface area contributed by atoms with Crippen LogP contribution in [0.5, 0.6) is 0 Å². The minimum atomic E-state index is 0. The summed E-state index contributed by atoms with van der Waals surface area (Å²) in [4.78, 5) is 0. The van der Waals surface area contributed by atoms with Crippen molar-refractivity contribution in [2.75, 3.05) is 0 Å². The average Bonchev–Trinajstić information content (AvgIpc) is 0.918. The third-order valence-electron chi connectivity index (χ3n) is 0. The maximum atomic E-state index is 3.39. The first-order valence-electron chi connectivity index (χ1n) is 0.626. The average molecular weight is 214 g/mol. The van der Waals surface area contributed by atoms with Crippen LogP contribution in [0.4, 0.5) is 0 Å². The third-order valence-corrected chi connectivity index (χ3v) is 0. The molecular weight excluding hydrogens is 211 g/mol. The van der Waals surface area contributed by atoms with E-state index in [4.69, 9.17) is 0 Å². The van der Waals surface area contributed by atoms with E-state index in [0.717, 1.165) is 0 Å². The Morgan fingerprint density at radius 1 is 1.75 bits per heavy atom. The molecule has 0 aliphatic heterocycles. The van der Waals surface area contributed by atoms with E-state index < -0.39 is 0 Å². The summed E-state index contributed by atoms with van der Waals surface area (Å²) in [5.74, 6) is 0. The summed E-state index contributed by atoms with van der Waals surface area (Å²) in [5.41, 5.74) is 0. The van der Waals surface area contributed by atoms with E-state index in [-0.39, 0.29) is 12.4 Å². The van der Waals surface area contributed by atoms with E-state index in [0.29, 0.717) is 0 Å². The van der Waals surface area contributed by atoms with Gasteiger partial charge in [-0.25, -0.2) is 0 Å². The molecule has 0 nitrogen and oxygen atoms in total. The fraction of sp³-hybridized carbons (Fsp3) is 0. The van der Waals surface area contributed by atoms with Gasteiger partial charge >= 0.3 is 54.1 Å². The van der Waals surface area contributed by atoms with E-state index in [1.165, 1.54) is 0 Å². The van der Waals surface area contributed by atoms with Crippen LogP contribution in [0.15, 0.2) is 7.05 Å². The van der Waals surface area contributed by atoms with E-state index >= 15 is 0 Å². The number of rotatable bonds is 0. The molecule has 0 bridgehead atoms. The second-order valence-corrected chi connectivity index (χ2v) is 1.14. The molecule has 0 saturated carbocycles. The largest absolute Gasteiger partial charge is 1.00 e. The number of hydrogen-bond acceptors (Lipinski definition) is 0. The minimum Gasteiger partial charge on any atom is -1.00 e. The monoisotopic (exact) mass is 215 g/mol. The normalized spacial score (nSPS) is 3.00. The van der Waals surface area contributed by atoms with Crippen molar-refractivity contribution in [1.29, 1.82) is 0 Å². The molecule has 0 spiro atoms. The predicted molar refractivity (Wildman–Crippen MR) is 10.2 cm³/mol. The van der Waals surface area contributed by atoms with Crippen LogP contribution in [0.25, 0.3) is 0 Å². The molecule has 0 aromatic carbocycles. The molecule has 2 heteroatoms. The van der Waals surface area contributed by atoms with Crippen LogP contribution in [0.1, 0.15) is 0 Å². The zero-order chi connectivity index (χ0) is 2.71. The Bertz CT molecular complexity index is 13.5. The molecule has 0 saturated heterocycles. The molecule has 25 valence electrons. The molecular formula is C2H3ClEu. The zero-order valence-electron chi connectivity index (χ0n) is 2.04. The van der Waals surface area contributed by atoms with E-state index in [1.807, 2.05) is 0 Å². The Hall–Kier alpha value is 1.61. The quantitative estimate of drug-likeness (QED) is 0.425. The van der Waals surface area contributed by atoms with E-state index in [9.17, 15) is 0 Å². The molecule has 0 amide bonds. The summed E-state index contributed by atoms with van der Waals surface area (Å²) in [6, 6.07) is 0. The topological polar surface area (TPSA) is 0 Å². The van der Waals surface area contributed by atoms with Crippen molar-refractivity contribution in [3.8, 4) is 0 Å². The fourth-order valence-corrected chi connectivity index (χ4v) is 0. The first kappa shape index (κ1) is 9.15. The molecule has 0 aromatic heterocycles. The summed E-state index contributed by atoms with van der Waals surface area (Å²) < 4.78 is 1.81. The second kappa shape index (κ2) is 8.82. The summed E-state index contributed by atoms with van der Waals surface area (Å²) in [5, 5.41) is 0. The van der Waals surface area contributed by atoms with Crippen LogP contribution < -0.4 is 12.4 Å². The van der Waals surface area contributed by atoms with Gasteiger partial charge in [0.15, 0.2) is 0 Å². The molecule has 0 N–H and O–H groups in total. The standard InChI is InChI=1S/C2H3.ClH.Eu/c1-2;;/h1H,2H2;1H;/q;;+1/p-1. The van der Waals surface area contributed by atoms with Crippen LogP contribution in [0, 0.1) is 47.0 Å². The number of hydrogen-bond donors (Lipinski definition) is 0. The van der Waals surface area contributed by atoms with Crippen molar-refractivity contribution >= 4 is 0 Å². The zero-order valence-corrected chi connectivity index (χ0v) is 5.22. The summed E-state index contributed by atoms with van der Waals surface area (Å²) in [7, 11) is 0. The van der Waals surface area contributed by atoms with Crippen LogP contribution in [0.3, 0.4) is 0 Å². The molecule has 0 aliphatic carbocycles. The summed E-state index contributed by atoms with van der Waals surface area (Å²) in [6.07, 6.45) is 0. The third kappa shape index (κ3) is 9.48. The molecule has 0 unspecified atom stereocenters. The van der Waals surface area contributed by atoms with Crippen molar-refractivity contribution in [3.63, 3.8) is 0 Å². The van der Waals surface area contributed by atoms with Gasteiger partial charge < -0.3 is 12.4 Å². The maximum absolute atomic E-state index is 3.39. The molecule has 0 fully saturated rings. The molecule has 0 rings (SSSR count). The van der Waals surface area contributed by atoms with Crippen molar-refractivity contribution in [1.82, 2.24) is 0 Å². The predicted octanol–water partition coefficient (Wildman–Crippen LogP) is -2.32. The molecule has 0 aliphatic rings. The maximum Gasteiger partial charge on any atom is -1.00 e. The van der Waals surface area contributed by atoms with Crippen LogP contribution >= 0.6 is 0 Å². The molecule has 0 atom stereocenters. The molecule has 0 heterocycles. The van der Waals surface area contributed by atoms with Gasteiger partial charge in [0, 0.05) is 0 Å². The van der Waals surface area contributed by atoms with Gasteiger partial charge in [-0.3, -0.25) is 0 Å². The van der Waals surface area contributed by atoms with Crippen molar-refractivity contribution in [2.24, 2.45) is 0 Å². The summed E-state index contributed by atoms with van der Waals surface area (Å²) >= 11 is 1.59. The van der Waals surface area contributed by atoms with Gasteiger partial charge in [0.2, 0.25) is 0 Å². The Kier molecular flexibility index (Phi) is 20.2. The SMILES string of the molecule is C=[CH][Eu+].[Cl-]. The Labute approximate surface area is 65.1 Å². The van der Waals surface area contributed by atoms with Crippen LogP contribution in [-0.2, 0) is 0 Å². The Morgan fingerprint density at radius 3 is 1.75 bits per heavy atom. The van der Waals surface area contributed by atoms with Crippen molar-refractivity contribution in [3.05, 3.63) is 7.05 Å². The van der Waals surface area contributed by atoms with E-state index in [1.54, 1.807) is 47.5 Å². The number of halogens is 1. The van der Waals surface area contributed by atoms with Gasteiger partial charge in [-0.1, -0.05) is 0 Å². The summed E-state index contributed by atoms with van der Waals surface area (Å²) in [6.45, 7) is 3.39. The van der Waals surface area contributed by atoms with Gasteiger partial charge in [0.1, 0.15) is 0 Å².